The van der Waals surface area contributed by atoms with Gasteiger partial charge in [0.2, 0.25) is 0 Å². The zero-order valence-electron chi connectivity index (χ0n) is 17.6. The summed E-state index contributed by atoms with van der Waals surface area (Å²) in [6.07, 6.45) is 1.55. The van der Waals surface area contributed by atoms with E-state index in [0.29, 0.717) is 28.9 Å². The van der Waals surface area contributed by atoms with Crippen LogP contribution in [-0.2, 0) is 6.61 Å². The number of aromatic nitrogens is 3. The molecule has 0 amide bonds. The largest absolute Gasteiger partial charge is 0.490 e. The molecule has 7 nitrogen and oxygen atoms in total. The Balaban J connectivity index is 1.70. The summed E-state index contributed by atoms with van der Waals surface area (Å²) >= 11 is 1.44. The molecule has 4 aromatic rings. The van der Waals surface area contributed by atoms with Gasteiger partial charge < -0.3 is 19.9 Å². The van der Waals surface area contributed by atoms with Crippen molar-refractivity contribution < 1.29 is 14.6 Å². The predicted molar refractivity (Wildman–Crippen MR) is 123 cm³/mol. The summed E-state index contributed by atoms with van der Waals surface area (Å²) in [5, 5.41) is 16.1. The Morgan fingerprint density at radius 2 is 2.00 bits per heavy atom. The van der Waals surface area contributed by atoms with Crippen molar-refractivity contribution in [3.05, 3.63) is 53.1 Å². The van der Waals surface area contributed by atoms with E-state index in [-0.39, 0.29) is 12.7 Å². The van der Waals surface area contributed by atoms with E-state index in [1.165, 1.54) is 17.7 Å². The molecule has 2 aromatic carbocycles. The third kappa shape index (κ3) is 4.76. The zero-order valence-corrected chi connectivity index (χ0v) is 18.4. The maximum absolute atomic E-state index is 9.28. The van der Waals surface area contributed by atoms with Gasteiger partial charge >= 0.3 is 0 Å². The molecule has 2 heterocycles. The van der Waals surface area contributed by atoms with Crippen molar-refractivity contribution in [3.63, 3.8) is 0 Å². The second kappa shape index (κ2) is 9.28. The number of nitrogens with zero attached hydrogens (tertiary/aromatic N) is 3. The van der Waals surface area contributed by atoms with Crippen LogP contribution in [0.25, 0.3) is 22.2 Å². The Hall–Kier alpha value is -3.23. The molecule has 160 valence electrons. The highest BCUT2D eigenvalue weighted by atomic mass is 32.1. The molecule has 0 spiro atoms. The molecule has 0 aliphatic carbocycles. The number of aliphatic hydroxyl groups excluding tert-OH is 1. The smallest absolute Gasteiger partial charge is 0.163 e. The number of thiazole rings is 1. The molecule has 2 aromatic heterocycles. The van der Waals surface area contributed by atoms with Gasteiger partial charge in [0.05, 0.1) is 30.5 Å². The van der Waals surface area contributed by atoms with Crippen LogP contribution in [0.2, 0.25) is 0 Å². The van der Waals surface area contributed by atoms with E-state index in [1.54, 1.807) is 0 Å². The van der Waals surface area contributed by atoms with Crippen molar-refractivity contribution in [2.24, 2.45) is 0 Å². The Morgan fingerprint density at radius 1 is 1.13 bits per heavy atom. The number of rotatable bonds is 8. The lowest BCUT2D eigenvalue weighted by Crippen LogP contribution is -2.08. The number of hydrogen-bond donors (Lipinski definition) is 2. The molecular weight excluding hydrogens is 412 g/mol. The first-order valence-corrected chi connectivity index (χ1v) is 11.0. The number of nitrogens with one attached hydrogen (secondary N) is 1. The highest BCUT2D eigenvalue weighted by Gasteiger charge is 2.14. The van der Waals surface area contributed by atoms with Gasteiger partial charge in [-0.1, -0.05) is 12.1 Å². The standard InChI is InChI=1S/C23H24N4O3S/c1-4-29-20-9-17-18(10-21(20)30-14(2)3)24-13-25-23(17)26-16-7-5-6-15(8-16)19-12-31-22(11-28)27-19/h5-10,12-14,28H,4,11H2,1-3H3,(H,24,25,26). The van der Waals surface area contributed by atoms with Gasteiger partial charge in [-0.15, -0.1) is 11.3 Å². The first-order chi connectivity index (χ1) is 15.1. The van der Waals surface area contributed by atoms with E-state index in [4.69, 9.17) is 9.47 Å². The normalized spacial score (nSPS) is 11.1. The highest BCUT2D eigenvalue weighted by molar-refractivity contribution is 7.09. The second-order valence-corrected chi connectivity index (χ2v) is 8.07. The molecule has 0 aliphatic rings. The number of fused-ring (bicyclic) bond motifs is 1. The highest BCUT2D eigenvalue weighted by Crippen LogP contribution is 2.36. The van der Waals surface area contributed by atoms with E-state index >= 15 is 0 Å². The molecule has 0 radical (unpaired) electrons. The van der Waals surface area contributed by atoms with Crippen molar-refractivity contribution >= 4 is 33.7 Å². The number of anilines is 2. The van der Waals surface area contributed by atoms with E-state index in [1.807, 2.05) is 62.5 Å². The first-order valence-electron chi connectivity index (χ1n) is 10.1. The van der Waals surface area contributed by atoms with Crippen LogP contribution < -0.4 is 14.8 Å². The summed E-state index contributed by atoms with van der Waals surface area (Å²) in [4.78, 5) is 13.3. The van der Waals surface area contributed by atoms with Crippen molar-refractivity contribution in [2.45, 2.75) is 33.5 Å². The van der Waals surface area contributed by atoms with Crippen molar-refractivity contribution in [1.82, 2.24) is 15.0 Å². The fourth-order valence-corrected chi connectivity index (χ4v) is 3.85. The summed E-state index contributed by atoms with van der Waals surface area (Å²) in [6.45, 7) is 6.37. The van der Waals surface area contributed by atoms with Crippen LogP contribution in [0.4, 0.5) is 11.5 Å². The van der Waals surface area contributed by atoms with Crippen LogP contribution in [0.5, 0.6) is 11.5 Å². The molecule has 0 atom stereocenters. The maximum Gasteiger partial charge on any atom is 0.163 e. The fourth-order valence-electron chi connectivity index (χ4n) is 3.19. The molecule has 8 heteroatoms. The van der Waals surface area contributed by atoms with Crippen LogP contribution >= 0.6 is 11.3 Å². The second-order valence-electron chi connectivity index (χ2n) is 7.13. The number of benzene rings is 2. The van der Waals surface area contributed by atoms with E-state index in [0.717, 1.165) is 27.8 Å². The van der Waals surface area contributed by atoms with Crippen molar-refractivity contribution in [3.8, 4) is 22.8 Å². The fraction of sp³-hybridized carbons (Fsp3) is 0.261. The molecule has 0 saturated heterocycles. The monoisotopic (exact) mass is 436 g/mol. The van der Waals surface area contributed by atoms with E-state index in [9.17, 15) is 5.11 Å². The van der Waals surface area contributed by atoms with E-state index < -0.39 is 0 Å². The Morgan fingerprint density at radius 3 is 2.74 bits per heavy atom. The quantitative estimate of drug-likeness (QED) is 0.394. The number of hydrogen-bond acceptors (Lipinski definition) is 8. The van der Waals surface area contributed by atoms with Crippen molar-refractivity contribution in [2.75, 3.05) is 11.9 Å². The number of aliphatic hydroxyl groups is 1. The summed E-state index contributed by atoms with van der Waals surface area (Å²) in [5.74, 6) is 2.00. The molecule has 31 heavy (non-hydrogen) atoms. The SMILES string of the molecule is CCOc1cc2c(Nc3cccc(-c4csc(CO)n4)c3)ncnc2cc1OC(C)C. The molecule has 4 rings (SSSR count). The summed E-state index contributed by atoms with van der Waals surface area (Å²) in [7, 11) is 0. The lowest BCUT2D eigenvalue weighted by Gasteiger charge is -2.16. The van der Waals surface area contributed by atoms with Crippen LogP contribution in [0.1, 0.15) is 25.8 Å². The van der Waals surface area contributed by atoms with Gasteiger partial charge in [-0.2, -0.15) is 0 Å². The number of ether oxygens (including phenoxy) is 2. The van der Waals surface area contributed by atoms with Crippen LogP contribution in [0, 0.1) is 0 Å². The average molecular weight is 437 g/mol. The predicted octanol–water partition coefficient (Wildman–Crippen LogP) is 5.18. The third-order valence-electron chi connectivity index (χ3n) is 4.47. The minimum atomic E-state index is -0.0553. The topological polar surface area (TPSA) is 89.4 Å². The van der Waals surface area contributed by atoms with Crippen LogP contribution in [0.3, 0.4) is 0 Å². The lowest BCUT2D eigenvalue weighted by molar-refractivity contribution is 0.224. The molecule has 0 unspecified atom stereocenters. The van der Waals surface area contributed by atoms with Gasteiger partial charge in [0.1, 0.15) is 17.2 Å². The van der Waals surface area contributed by atoms with Gasteiger partial charge in [0.15, 0.2) is 11.5 Å². The molecular formula is C23H24N4O3S. The Kier molecular flexibility index (Phi) is 6.29. The molecule has 2 N–H and O–H groups in total. The summed E-state index contributed by atoms with van der Waals surface area (Å²) < 4.78 is 11.7. The Labute approximate surface area is 184 Å². The molecule has 0 saturated carbocycles. The molecule has 0 bridgehead atoms. The van der Waals surface area contributed by atoms with Gasteiger partial charge in [0, 0.05) is 28.1 Å². The van der Waals surface area contributed by atoms with Gasteiger partial charge in [0.25, 0.3) is 0 Å². The van der Waals surface area contributed by atoms with Gasteiger partial charge in [-0.25, -0.2) is 15.0 Å². The third-order valence-corrected chi connectivity index (χ3v) is 5.30. The van der Waals surface area contributed by atoms with Crippen LogP contribution in [0.15, 0.2) is 48.1 Å². The first kappa shape index (κ1) is 21.0. The summed E-state index contributed by atoms with van der Waals surface area (Å²) in [5.41, 5.74) is 3.43. The van der Waals surface area contributed by atoms with Gasteiger partial charge in [-0.3, -0.25) is 0 Å². The summed E-state index contributed by atoms with van der Waals surface area (Å²) in [6, 6.07) is 11.7. The average Bonchev–Trinajstić information content (AvgIpc) is 3.24. The van der Waals surface area contributed by atoms with Crippen LogP contribution in [-0.4, -0.2) is 32.8 Å². The van der Waals surface area contributed by atoms with E-state index in [2.05, 4.69) is 20.3 Å². The maximum atomic E-state index is 9.28. The minimum Gasteiger partial charge on any atom is -0.490 e. The minimum absolute atomic E-state index is 0.0240. The van der Waals surface area contributed by atoms with Gasteiger partial charge in [-0.05, 0) is 39.0 Å². The Bertz CT molecular complexity index is 1190. The zero-order chi connectivity index (χ0) is 21.8. The molecule has 0 aliphatic heterocycles. The van der Waals surface area contributed by atoms with Crippen molar-refractivity contribution in [1.29, 1.82) is 0 Å². The lowest BCUT2D eigenvalue weighted by atomic mass is 10.1. The molecule has 0 fully saturated rings.